The van der Waals surface area contributed by atoms with E-state index in [1.165, 1.54) is 30.5 Å². The first-order chi connectivity index (χ1) is 19.5. The second-order valence-corrected chi connectivity index (χ2v) is 11.1. The number of carbonyl (C=O) groups is 3. The number of carboxylic acid groups (broad SMARTS) is 1. The summed E-state index contributed by atoms with van der Waals surface area (Å²) in [5.74, 6) is -1.76. The van der Waals surface area contributed by atoms with Crippen molar-refractivity contribution in [3.63, 3.8) is 0 Å². The van der Waals surface area contributed by atoms with Gasteiger partial charge in [0.2, 0.25) is 5.91 Å². The maximum absolute atomic E-state index is 13.6. The highest BCUT2D eigenvalue weighted by Crippen LogP contribution is 2.33. The SMILES string of the molecule is CC(C)(C)n1ncc(C(=O)Nc2ccc3c(c2)N(C(=O)CCc2ccc(C(=O)O)cc2)CC3)c1-c1ccc(F)cc1. The largest absolute Gasteiger partial charge is 0.478 e. The van der Waals surface area contributed by atoms with Gasteiger partial charge in [-0.05, 0) is 93.3 Å². The number of fused-ring (bicyclic) bond motifs is 1. The zero-order valence-electron chi connectivity index (χ0n) is 23.1. The number of nitrogens with one attached hydrogen (secondary N) is 1. The lowest BCUT2D eigenvalue weighted by Crippen LogP contribution is -2.29. The van der Waals surface area contributed by atoms with E-state index in [0.717, 1.165) is 23.2 Å². The quantitative estimate of drug-likeness (QED) is 0.295. The summed E-state index contributed by atoms with van der Waals surface area (Å²) in [5.41, 5.74) is 4.62. The Morgan fingerprint density at radius 3 is 2.37 bits per heavy atom. The molecular formula is C32H31FN4O4. The summed E-state index contributed by atoms with van der Waals surface area (Å²) in [7, 11) is 0. The maximum atomic E-state index is 13.6. The molecule has 1 aliphatic rings. The van der Waals surface area contributed by atoms with Gasteiger partial charge in [-0.15, -0.1) is 0 Å². The molecule has 4 aromatic rings. The molecule has 2 heterocycles. The Morgan fingerprint density at radius 1 is 1.00 bits per heavy atom. The van der Waals surface area contributed by atoms with Crippen LogP contribution in [0.25, 0.3) is 11.3 Å². The molecule has 2 amide bonds. The molecule has 5 rings (SSSR count). The number of anilines is 2. The van der Waals surface area contributed by atoms with Crippen LogP contribution in [-0.2, 0) is 23.2 Å². The van der Waals surface area contributed by atoms with Gasteiger partial charge in [0.25, 0.3) is 5.91 Å². The smallest absolute Gasteiger partial charge is 0.335 e. The fourth-order valence-corrected chi connectivity index (χ4v) is 5.02. The van der Waals surface area contributed by atoms with Crippen molar-refractivity contribution in [1.82, 2.24) is 9.78 Å². The third-order valence-corrected chi connectivity index (χ3v) is 7.14. The van der Waals surface area contributed by atoms with Crippen LogP contribution < -0.4 is 10.2 Å². The average Bonchev–Trinajstić information content (AvgIpc) is 3.57. The Bertz CT molecular complexity index is 1620. The Kier molecular flexibility index (Phi) is 7.45. The second kappa shape index (κ2) is 11.0. The third-order valence-electron chi connectivity index (χ3n) is 7.14. The van der Waals surface area contributed by atoms with Gasteiger partial charge in [0, 0.05) is 29.9 Å². The Morgan fingerprint density at radius 2 is 1.71 bits per heavy atom. The van der Waals surface area contributed by atoms with E-state index < -0.39 is 11.5 Å². The number of rotatable bonds is 7. The molecular weight excluding hydrogens is 523 g/mol. The number of hydrogen-bond acceptors (Lipinski definition) is 4. The molecule has 2 N–H and O–H groups in total. The molecule has 0 radical (unpaired) electrons. The van der Waals surface area contributed by atoms with Gasteiger partial charge >= 0.3 is 5.97 Å². The standard InChI is InChI=1S/C32H31FN4O4/c1-32(2,3)37-29(22-9-12-24(33)13-10-22)26(19-34-37)30(39)35-25-14-11-21-16-17-36(27(21)18-25)28(38)15-6-20-4-7-23(8-5-20)31(40)41/h4-5,7-14,18-19H,6,15-17H2,1-3H3,(H,35,39)(H,40,41). The van der Waals surface area contributed by atoms with Crippen molar-refractivity contribution in [1.29, 1.82) is 0 Å². The van der Waals surface area contributed by atoms with Gasteiger partial charge in [0.05, 0.1) is 28.6 Å². The zero-order chi connectivity index (χ0) is 29.3. The molecule has 3 aromatic carbocycles. The molecule has 9 heteroatoms. The maximum Gasteiger partial charge on any atom is 0.335 e. The summed E-state index contributed by atoms with van der Waals surface area (Å²) in [6.07, 6.45) is 3.00. The first-order valence-electron chi connectivity index (χ1n) is 13.4. The van der Waals surface area contributed by atoms with Gasteiger partial charge < -0.3 is 15.3 Å². The van der Waals surface area contributed by atoms with Crippen molar-refractivity contribution >= 4 is 29.2 Å². The summed E-state index contributed by atoms with van der Waals surface area (Å²) in [6.45, 7) is 6.49. The van der Waals surface area contributed by atoms with E-state index >= 15 is 0 Å². The lowest BCUT2D eigenvalue weighted by Gasteiger charge is -2.23. The van der Waals surface area contributed by atoms with Crippen LogP contribution in [-0.4, -0.2) is 39.2 Å². The number of nitrogens with zero attached hydrogens (tertiary/aromatic N) is 3. The van der Waals surface area contributed by atoms with E-state index in [9.17, 15) is 18.8 Å². The van der Waals surface area contributed by atoms with Crippen LogP contribution >= 0.6 is 0 Å². The van der Waals surface area contributed by atoms with Gasteiger partial charge in [0.15, 0.2) is 0 Å². The number of hydrogen-bond donors (Lipinski definition) is 2. The predicted molar refractivity (Wildman–Crippen MR) is 155 cm³/mol. The minimum Gasteiger partial charge on any atom is -0.478 e. The molecule has 0 unspecified atom stereocenters. The monoisotopic (exact) mass is 554 g/mol. The zero-order valence-corrected chi connectivity index (χ0v) is 23.1. The molecule has 1 aliphatic heterocycles. The van der Waals surface area contributed by atoms with Gasteiger partial charge in [-0.3, -0.25) is 14.3 Å². The van der Waals surface area contributed by atoms with Crippen molar-refractivity contribution in [3.8, 4) is 11.3 Å². The van der Waals surface area contributed by atoms with Crippen LogP contribution in [0.4, 0.5) is 15.8 Å². The molecule has 41 heavy (non-hydrogen) atoms. The van der Waals surface area contributed by atoms with Crippen molar-refractivity contribution in [2.75, 3.05) is 16.8 Å². The number of aromatic carboxylic acids is 1. The van der Waals surface area contributed by atoms with Crippen molar-refractivity contribution in [2.45, 2.75) is 45.6 Å². The number of halogens is 1. The van der Waals surface area contributed by atoms with Crippen LogP contribution in [0.1, 0.15) is 59.0 Å². The molecule has 0 saturated heterocycles. The molecule has 0 fully saturated rings. The van der Waals surface area contributed by atoms with E-state index in [2.05, 4.69) is 10.4 Å². The summed E-state index contributed by atoms with van der Waals surface area (Å²) in [6, 6.07) is 18.0. The minimum atomic E-state index is -0.987. The molecule has 0 atom stereocenters. The van der Waals surface area contributed by atoms with E-state index in [1.807, 2.05) is 39.0 Å². The number of aryl methyl sites for hydroxylation is 1. The topological polar surface area (TPSA) is 105 Å². The molecule has 0 saturated carbocycles. The Balaban J connectivity index is 1.34. The fourth-order valence-electron chi connectivity index (χ4n) is 5.02. The van der Waals surface area contributed by atoms with Crippen LogP contribution in [0.2, 0.25) is 0 Å². The van der Waals surface area contributed by atoms with E-state index in [-0.39, 0.29) is 29.6 Å². The number of carbonyl (C=O) groups excluding carboxylic acids is 2. The predicted octanol–water partition coefficient (Wildman–Crippen LogP) is 5.92. The first kappa shape index (κ1) is 27.8. The van der Waals surface area contributed by atoms with E-state index in [1.54, 1.807) is 33.8 Å². The molecule has 210 valence electrons. The van der Waals surface area contributed by atoms with Crippen LogP contribution in [0, 0.1) is 5.82 Å². The normalized spacial score (nSPS) is 12.7. The third kappa shape index (κ3) is 5.89. The van der Waals surface area contributed by atoms with Gasteiger partial charge in [-0.25, -0.2) is 9.18 Å². The molecule has 8 nitrogen and oxygen atoms in total. The number of aromatic nitrogens is 2. The second-order valence-electron chi connectivity index (χ2n) is 11.1. The van der Waals surface area contributed by atoms with Gasteiger partial charge in [-0.1, -0.05) is 18.2 Å². The molecule has 0 spiro atoms. The fraction of sp³-hybridized carbons (Fsp3) is 0.250. The highest BCUT2D eigenvalue weighted by Gasteiger charge is 2.27. The average molecular weight is 555 g/mol. The van der Waals surface area contributed by atoms with E-state index in [0.29, 0.717) is 35.5 Å². The lowest BCUT2D eigenvalue weighted by atomic mass is 10.0. The summed E-state index contributed by atoms with van der Waals surface area (Å²) >= 11 is 0. The van der Waals surface area contributed by atoms with Crippen molar-refractivity contribution in [2.24, 2.45) is 0 Å². The minimum absolute atomic E-state index is 0.0420. The van der Waals surface area contributed by atoms with Crippen LogP contribution in [0.15, 0.2) is 72.9 Å². The van der Waals surface area contributed by atoms with Crippen molar-refractivity contribution < 1.29 is 23.9 Å². The number of amides is 2. The molecule has 0 aliphatic carbocycles. The number of benzene rings is 3. The Labute approximate surface area is 237 Å². The van der Waals surface area contributed by atoms with Crippen molar-refractivity contribution in [3.05, 3.63) is 101 Å². The molecule has 1 aromatic heterocycles. The highest BCUT2D eigenvalue weighted by molar-refractivity contribution is 6.08. The van der Waals surface area contributed by atoms with E-state index in [4.69, 9.17) is 5.11 Å². The van der Waals surface area contributed by atoms with Crippen LogP contribution in [0.3, 0.4) is 0 Å². The van der Waals surface area contributed by atoms with Gasteiger partial charge in [0.1, 0.15) is 5.82 Å². The van der Waals surface area contributed by atoms with Crippen LogP contribution in [0.5, 0.6) is 0 Å². The molecule has 0 bridgehead atoms. The van der Waals surface area contributed by atoms with Gasteiger partial charge in [-0.2, -0.15) is 5.10 Å². The summed E-state index contributed by atoms with van der Waals surface area (Å²) in [4.78, 5) is 39.4. The highest BCUT2D eigenvalue weighted by atomic mass is 19.1. The lowest BCUT2D eigenvalue weighted by molar-refractivity contribution is -0.118. The summed E-state index contributed by atoms with van der Waals surface area (Å²) in [5, 5.41) is 16.5. The first-order valence-corrected chi connectivity index (χ1v) is 13.4. The Hall–Kier alpha value is -4.79. The summed E-state index contributed by atoms with van der Waals surface area (Å²) < 4.78 is 15.4. The number of carboxylic acids is 1.